The lowest BCUT2D eigenvalue weighted by atomic mass is 10.0. The van der Waals surface area contributed by atoms with E-state index in [0.29, 0.717) is 5.82 Å². The number of rotatable bonds is 2. The standard InChI is InChI=1S/C16H26N2OSi/c1-12(2)15(19)13-10-17-14(18-11-13)8-9-20(6,7)16(3,4)5/h10-12,15,19H,1-7H3/t15-/m0/s1. The lowest BCUT2D eigenvalue weighted by Crippen LogP contribution is -2.35. The second-order valence-electron chi connectivity index (χ2n) is 7.15. The monoisotopic (exact) mass is 290 g/mol. The lowest BCUT2D eigenvalue weighted by molar-refractivity contribution is 0.126. The van der Waals surface area contributed by atoms with E-state index in [1.165, 1.54) is 0 Å². The second-order valence-corrected chi connectivity index (χ2v) is 12.2. The lowest BCUT2D eigenvalue weighted by Gasteiger charge is -2.31. The quantitative estimate of drug-likeness (QED) is 0.669. The summed E-state index contributed by atoms with van der Waals surface area (Å²) >= 11 is 0. The first kappa shape index (κ1) is 16.9. The van der Waals surface area contributed by atoms with E-state index in [2.05, 4.69) is 55.3 Å². The molecular formula is C16H26N2OSi. The Hall–Kier alpha value is -1.18. The summed E-state index contributed by atoms with van der Waals surface area (Å²) in [6, 6.07) is 0. The van der Waals surface area contributed by atoms with E-state index in [1.807, 2.05) is 13.8 Å². The maximum atomic E-state index is 9.95. The van der Waals surface area contributed by atoms with Crippen LogP contribution >= 0.6 is 0 Å². The molecule has 1 aromatic heterocycles. The van der Waals surface area contributed by atoms with Crippen LogP contribution in [0.25, 0.3) is 0 Å². The minimum Gasteiger partial charge on any atom is -0.388 e. The van der Waals surface area contributed by atoms with Gasteiger partial charge >= 0.3 is 0 Å². The van der Waals surface area contributed by atoms with Crippen molar-refractivity contribution in [3.05, 3.63) is 23.8 Å². The predicted octanol–water partition coefficient (Wildman–Crippen LogP) is 3.57. The van der Waals surface area contributed by atoms with Crippen molar-refractivity contribution in [3.8, 4) is 11.5 Å². The fourth-order valence-electron chi connectivity index (χ4n) is 1.34. The third-order valence-electron chi connectivity index (χ3n) is 4.01. The van der Waals surface area contributed by atoms with Crippen LogP contribution in [0, 0.1) is 17.4 Å². The van der Waals surface area contributed by atoms with Crippen LogP contribution in [0.15, 0.2) is 12.4 Å². The summed E-state index contributed by atoms with van der Waals surface area (Å²) in [6.07, 6.45) is 2.83. The molecular weight excluding hydrogens is 264 g/mol. The maximum Gasteiger partial charge on any atom is 0.204 e. The van der Waals surface area contributed by atoms with Crippen LogP contribution in [-0.4, -0.2) is 23.1 Å². The van der Waals surface area contributed by atoms with E-state index in [-0.39, 0.29) is 11.0 Å². The SMILES string of the molecule is CC(C)[C@H](O)c1cnc(C#C[Si](C)(C)C(C)(C)C)nc1. The number of hydrogen-bond donors (Lipinski definition) is 1. The van der Waals surface area contributed by atoms with Gasteiger partial charge in [0.15, 0.2) is 0 Å². The van der Waals surface area contributed by atoms with Crippen molar-refractivity contribution in [2.75, 3.05) is 0 Å². The molecule has 1 N–H and O–H groups in total. The highest BCUT2D eigenvalue weighted by Gasteiger charge is 2.33. The van der Waals surface area contributed by atoms with E-state index in [1.54, 1.807) is 12.4 Å². The maximum absolute atomic E-state index is 9.95. The molecule has 4 heteroatoms. The van der Waals surface area contributed by atoms with Gasteiger partial charge < -0.3 is 5.11 Å². The van der Waals surface area contributed by atoms with Gasteiger partial charge in [-0.15, -0.1) is 5.54 Å². The summed E-state index contributed by atoms with van der Waals surface area (Å²) in [6.45, 7) is 15.2. The zero-order valence-electron chi connectivity index (χ0n) is 13.7. The molecule has 1 rings (SSSR count). The Bertz CT molecular complexity index is 504. The van der Waals surface area contributed by atoms with Crippen LogP contribution in [0.3, 0.4) is 0 Å². The molecule has 1 atom stereocenters. The van der Waals surface area contributed by atoms with Gasteiger partial charge in [0.05, 0.1) is 6.10 Å². The molecule has 0 radical (unpaired) electrons. The topological polar surface area (TPSA) is 46.0 Å². The number of aliphatic hydroxyl groups excluding tert-OH is 1. The molecule has 110 valence electrons. The molecule has 20 heavy (non-hydrogen) atoms. The Morgan fingerprint density at radius 3 is 2.05 bits per heavy atom. The summed E-state index contributed by atoms with van der Waals surface area (Å²) in [7, 11) is -1.63. The van der Waals surface area contributed by atoms with Crippen LogP contribution in [0.5, 0.6) is 0 Å². The van der Waals surface area contributed by atoms with Crippen LogP contribution in [-0.2, 0) is 0 Å². The first-order valence-electron chi connectivity index (χ1n) is 7.08. The Morgan fingerprint density at radius 2 is 1.65 bits per heavy atom. The third kappa shape index (κ3) is 4.16. The second kappa shape index (κ2) is 6.07. The molecule has 0 saturated heterocycles. The van der Waals surface area contributed by atoms with Crippen LogP contribution in [0.4, 0.5) is 0 Å². The van der Waals surface area contributed by atoms with Crippen LogP contribution in [0.2, 0.25) is 18.1 Å². The highest BCUT2D eigenvalue weighted by Crippen LogP contribution is 2.35. The summed E-state index contributed by atoms with van der Waals surface area (Å²) in [4.78, 5) is 8.49. The fraction of sp³-hybridized carbons (Fsp3) is 0.625. The van der Waals surface area contributed by atoms with Gasteiger partial charge in [0.25, 0.3) is 0 Å². The number of nitrogens with zero attached hydrogens (tertiary/aromatic N) is 2. The number of aliphatic hydroxyl groups is 1. The Morgan fingerprint density at radius 1 is 1.15 bits per heavy atom. The fourth-order valence-corrected chi connectivity index (χ4v) is 2.14. The van der Waals surface area contributed by atoms with Gasteiger partial charge in [-0.05, 0) is 16.9 Å². The van der Waals surface area contributed by atoms with Gasteiger partial charge in [-0.25, -0.2) is 9.97 Å². The first-order chi connectivity index (χ1) is 9.04. The number of aromatic nitrogens is 2. The molecule has 0 aliphatic heterocycles. The number of hydrogen-bond acceptors (Lipinski definition) is 3. The summed E-state index contributed by atoms with van der Waals surface area (Å²) in [5, 5.41) is 10.2. The Labute approximate surface area is 123 Å². The van der Waals surface area contributed by atoms with Crippen LogP contribution < -0.4 is 0 Å². The highest BCUT2D eigenvalue weighted by atomic mass is 28.3. The summed E-state index contributed by atoms with van der Waals surface area (Å²) in [5.41, 5.74) is 4.14. The van der Waals surface area contributed by atoms with Gasteiger partial charge in [-0.2, -0.15) is 0 Å². The summed E-state index contributed by atoms with van der Waals surface area (Å²) in [5.74, 6) is 3.79. The molecule has 0 saturated carbocycles. The average Bonchev–Trinajstić information content (AvgIpc) is 2.34. The molecule has 1 aromatic rings. The Balaban J connectivity index is 2.92. The average molecular weight is 290 g/mol. The molecule has 3 nitrogen and oxygen atoms in total. The molecule has 0 fully saturated rings. The van der Waals surface area contributed by atoms with Crippen molar-refractivity contribution in [2.24, 2.45) is 5.92 Å². The largest absolute Gasteiger partial charge is 0.388 e. The van der Waals surface area contributed by atoms with Gasteiger partial charge in [0, 0.05) is 18.0 Å². The highest BCUT2D eigenvalue weighted by molar-refractivity contribution is 6.87. The van der Waals surface area contributed by atoms with Crippen molar-refractivity contribution < 1.29 is 5.11 Å². The van der Waals surface area contributed by atoms with Crippen molar-refractivity contribution in [3.63, 3.8) is 0 Å². The van der Waals surface area contributed by atoms with Gasteiger partial charge in [0.1, 0.15) is 8.07 Å². The zero-order chi connectivity index (χ0) is 15.6. The normalized spacial score (nSPS) is 13.8. The van der Waals surface area contributed by atoms with Crippen LogP contribution in [0.1, 0.15) is 52.1 Å². The zero-order valence-corrected chi connectivity index (χ0v) is 14.7. The molecule has 0 unspecified atom stereocenters. The molecule has 0 amide bonds. The molecule has 0 aliphatic rings. The molecule has 1 heterocycles. The summed E-state index contributed by atoms with van der Waals surface area (Å²) < 4.78 is 0. The molecule has 0 spiro atoms. The van der Waals surface area contributed by atoms with E-state index in [9.17, 15) is 5.11 Å². The minimum atomic E-state index is -1.63. The van der Waals surface area contributed by atoms with E-state index in [4.69, 9.17) is 0 Å². The van der Waals surface area contributed by atoms with Crippen molar-refractivity contribution in [1.82, 2.24) is 9.97 Å². The first-order valence-corrected chi connectivity index (χ1v) is 10.1. The molecule has 0 aliphatic carbocycles. The Kier molecular flexibility index (Phi) is 5.12. The smallest absolute Gasteiger partial charge is 0.204 e. The minimum absolute atomic E-state index is 0.155. The van der Waals surface area contributed by atoms with Gasteiger partial charge in [-0.1, -0.05) is 47.7 Å². The van der Waals surface area contributed by atoms with Crippen molar-refractivity contribution in [2.45, 2.75) is 58.9 Å². The molecule has 0 bridgehead atoms. The molecule has 0 aromatic carbocycles. The van der Waals surface area contributed by atoms with E-state index in [0.717, 1.165) is 5.56 Å². The van der Waals surface area contributed by atoms with Crippen molar-refractivity contribution in [1.29, 1.82) is 0 Å². The van der Waals surface area contributed by atoms with E-state index < -0.39 is 14.2 Å². The third-order valence-corrected chi connectivity index (χ3v) is 8.51. The van der Waals surface area contributed by atoms with Gasteiger partial charge in [0.2, 0.25) is 5.82 Å². The van der Waals surface area contributed by atoms with Gasteiger partial charge in [-0.3, -0.25) is 0 Å². The van der Waals surface area contributed by atoms with E-state index >= 15 is 0 Å². The van der Waals surface area contributed by atoms with Crippen molar-refractivity contribution >= 4 is 8.07 Å². The predicted molar refractivity (Wildman–Crippen MR) is 85.9 cm³/mol.